The Labute approximate surface area is 230 Å². The summed E-state index contributed by atoms with van der Waals surface area (Å²) in [5.41, 5.74) is 0. The minimum Gasteiger partial charge on any atom is -0.466 e. The largest absolute Gasteiger partial charge is 0.466 e. The van der Waals surface area contributed by atoms with E-state index < -0.39 is 33.2 Å². The van der Waals surface area contributed by atoms with E-state index in [-0.39, 0.29) is 43.4 Å². The van der Waals surface area contributed by atoms with E-state index in [9.17, 15) is 22.8 Å². The topological polar surface area (TPSA) is 205 Å². The molecule has 0 heterocycles. The zero-order valence-corrected chi connectivity index (χ0v) is 23.1. The molecule has 2 saturated carbocycles. The molecular formula is C25H39N7O6S. The van der Waals surface area contributed by atoms with Crippen molar-refractivity contribution >= 4 is 33.8 Å². The van der Waals surface area contributed by atoms with Crippen LogP contribution in [0.5, 0.6) is 0 Å². The van der Waals surface area contributed by atoms with Crippen LogP contribution in [0.15, 0.2) is 4.99 Å². The third-order valence-electron chi connectivity index (χ3n) is 6.96. The maximum absolute atomic E-state index is 12.7. The summed E-state index contributed by atoms with van der Waals surface area (Å²) in [5, 5.41) is 24.8. The normalized spacial score (nSPS) is 24.3. The van der Waals surface area contributed by atoms with Gasteiger partial charge < -0.3 is 20.7 Å². The van der Waals surface area contributed by atoms with E-state index in [4.69, 9.17) is 21.6 Å². The Morgan fingerprint density at radius 3 is 2.51 bits per heavy atom. The molecule has 14 heteroatoms. The zero-order chi connectivity index (χ0) is 28.8. The second-order valence-electron chi connectivity index (χ2n) is 9.88. The van der Waals surface area contributed by atoms with Crippen molar-refractivity contribution in [3.05, 3.63) is 0 Å². The van der Waals surface area contributed by atoms with Gasteiger partial charge in [0, 0.05) is 18.5 Å². The van der Waals surface area contributed by atoms with Gasteiger partial charge in [-0.3, -0.25) is 24.7 Å². The Balaban J connectivity index is 1.81. The lowest BCUT2D eigenvalue weighted by Crippen LogP contribution is -2.47. The van der Waals surface area contributed by atoms with E-state index in [1.54, 1.807) is 6.92 Å². The molecule has 2 fully saturated rings. The molecule has 0 aromatic heterocycles. The molecule has 2 rings (SSSR count). The van der Waals surface area contributed by atoms with Gasteiger partial charge in [-0.1, -0.05) is 12.3 Å². The van der Waals surface area contributed by atoms with E-state index in [0.29, 0.717) is 51.0 Å². The molecule has 6 N–H and O–H groups in total. The summed E-state index contributed by atoms with van der Waals surface area (Å²) in [7, 11) is -3.53. The number of hydrogen-bond donors (Lipinski definition) is 5. The second kappa shape index (κ2) is 15.9. The first-order valence-electron chi connectivity index (χ1n) is 13.2. The SMILES string of the molecule is C#C[C@H](CC(=O)OCC)NC(=O)CNC(=O)C1CCCC(NC(=NCC2CCC(S(N)(=O)=O)CC2)NC#N)C1. The maximum Gasteiger partial charge on any atom is 0.308 e. The summed E-state index contributed by atoms with van der Waals surface area (Å²) >= 11 is 0. The number of amides is 2. The molecule has 2 amide bonds. The molecule has 0 aliphatic heterocycles. The molecule has 216 valence electrons. The number of nitrogens with zero attached hydrogens (tertiary/aromatic N) is 2. The minimum atomic E-state index is -3.53. The summed E-state index contributed by atoms with van der Waals surface area (Å²) in [6.45, 7) is 2.05. The number of terminal acetylenes is 1. The number of nitrogens with two attached hydrogens (primary N) is 1. The van der Waals surface area contributed by atoms with Gasteiger partial charge in [0.2, 0.25) is 27.8 Å². The van der Waals surface area contributed by atoms with E-state index in [0.717, 1.165) is 12.8 Å². The molecule has 0 aromatic carbocycles. The smallest absolute Gasteiger partial charge is 0.308 e. The number of rotatable bonds is 11. The number of aliphatic imine (C=N–C) groups is 1. The number of nitrogens with one attached hydrogen (secondary N) is 4. The van der Waals surface area contributed by atoms with Crippen molar-refractivity contribution in [2.24, 2.45) is 22.0 Å². The van der Waals surface area contributed by atoms with E-state index in [2.05, 4.69) is 32.2 Å². The molecule has 0 bridgehead atoms. The highest BCUT2D eigenvalue weighted by molar-refractivity contribution is 7.89. The lowest BCUT2D eigenvalue weighted by molar-refractivity contribution is -0.143. The number of hydrogen-bond acceptors (Lipinski definition) is 8. The number of carbonyl (C=O) groups excluding carboxylic acids is 3. The van der Waals surface area contributed by atoms with Crippen LogP contribution in [-0.4, -0.2) is 69.2 Å². The van der Waals surface area contributed by atoms with Crippen molar-refractivity contribution in [1.29, 1.82) is 5.26 Å². The van der Waals surface area contributed by atoms with Gasteiger partial charge in [0.1, 0.15) is 6.04 Å². The summed E-state index contributed by atoms with van der Waals surface area (Å²) in [6.07, 6.45) is 12.2. The molecule has 2 aliphatic carbocycles. The van der Waals surface area contributed by atoms with Crippen LogP contribution in [0.2, 0.25) is 0 Å². The van der Waals surface area contributed by atoms with Gasteiger partial charge in [-0.15, -0.1) is 6.42 Å². The molecule has 3 atom stereocenters. The molecule has 2 aliphatic rings. The van der Waals surface area contributed by atoms with Gasteiger partial charge in [-0.25, -0.2) is 13.6 Å². The van der Waals surface area contributed by atoms with Gasteiger partial charge in [-0.05, 0) is 57.8 Å². The molecule has 2 unspecified atom stereocenters. The van der Waals surface area contributed by atoms with E-state index in [1.165, 1.54) is 0 Å². The molecular weight excluding hydrogens is 526 g/mol. The highest BCUT2D eigenvalue weighted by Gasteiger charge is 2.30. The number of sulfonamides is 1. The molecule has 39 heavy (non-hydrogen) atoms. The van der Waals surface area contributed by atoms with Crippen molar-refractivity contribution in [2.45, 2.75) is 82.0 Å². The van der Waals surface area contributed by atoms with Crippen LogP contribution in [0.25, 0.3) is 0 Å². The van der Waals surface area contributed by atoms with Crippen molar-refractivity contribution in [1.82, 2.24) is 21.3 Å². The lowest BCUT2D eigenvalue weighted by Gasteiger charge is -2.30. The Bertz CT molecular complexity index is 1070. The van der Waals surface area contributed by atoms with Gasteiger partial charge >= 0.3 is 5.97 Å². The third-order valence-corrected chi connectivity index (χ3v) is 8.36. The number of nitriles is 1. The number of esters is 1. The Kier molecular flexibility index (Phi) is 13.0. The summed E-state index contributed by atoms with van der Waals surface area (Å²) < 4.78 is 27.9. The molecule has 0 radical (unpaired) electrons. The average Bonchev–Trinajstić information content (AvgIpc) is 2.90. The van der Waals surface area contributed by atoms with Crippen LogP contribution in [-0.2, 0) is 29.1 Å². The van der Waals surface area contributed by atoms with Gasteiger partial charge in [0.15, 0.2) is 6.19 Å². The first-order valence-corrected chi connectivity index (χ1v) is 14.8. The van der Waals surface area contributed by atoms with Crippen molar-refractivity contribution in [3.8, 4) is 18.5 Å². The molecule has 0 saturated heterocycles. The quantitative estimate of drug-likeness (QED) is 0.0551. The average molecular weight is 566 g/mol. The van der Waals surface area contributed by atoms with Crippen LogP contribution < -0.4 is 26.4 Å². The summed E-state index contributed by atoms with van der Waals surface area (Å²) in [4.78, 5) is 41.0. The molecule has 0 aromatic rings. The number of ether oxygens (including phenoxy) is 1. The van der Waals surface area contributed by atoms with Crippen molar-refractivity contribution in [2.75, 3.05) is 19.7 Å². The number of carbonyl (C=O) groups is 3. The Hall–Kier alpha value is -3.36. The fourth-order valence-electron chi connectivity index (χ4n) is 4.89. The predicted molar refractivity (Wildman–Crippen MR) is 144 cm³/mol. The molecule has 0 spiro atoms. The summed E-state index contributed by atoms with van der Waals surface area (Å²) in [5.74, 6) is 1.22. The highest BCUT2D eigenvalue weighted by atomic mass is 32.2. The van der Waals surface area contributed by atoms with E-state index in [1.807, 2.05) is 6.19 Å². The number of primary sulfonamides is 1. The third kappa shape index (κ3) is 11.5. The van der Waals surface area contributed by atoms with Crippen LogP contribution >= 0.6 is 0 Å². The fraction of sp³-hybridized carbons (Fsp3) is 0.720. The van der Waals surface area contributed by atoms with Crippen LogP contribution in [0.3, 0.4) is 0 Å². The first kappa shape index (κ1) is 31.9. The fourth-order valence-corrected chi connectivity index (χ4v) is 5.81. The summed E-state index contributed by atoms with van der Waals surface area (Å²) in [6, 6.07) is -0.928. The monoisotopic (exact) mass is 565 g/mol. The second-order valence-corrected chi connectivity index (χ2v) is 11.7. The van der Waals surface area contributed by atoms with Crippen LogP contribution in [0.4, 0.5) is 0 Å². The van der Waals surface area contributed by atoms with Gasteiger partial charge in [0.05, 0.1) is 24.8 Å². The van der Waals surface area contributed by atoms with Gasteiger partial charge in [0.25, 0.3) is 0 Å². The van der Waals surface area contributed by atoms with Crippen molar-refractivity contribution in [3.63, 3.8) is 0 Å². The van der Waals surface area contributed by atoms with Gasteiger partial charge in [-0.2, -0.15) is 5.26 Å². The predicted octanol–water partition coefficient (Wildman–Crippen LogP) is -0.404. The minimum absolute atomic E-state index is 0.101. The zero-order valence-electron chi connectivity index (χ0n) is 22.3. The van der Waals surface area contributed by atoms with Crippen molar-refractivity contribution < 1.29 is 27.5 Å². The standard InChI is InChI=1S/C25H39N7O6S/c1-3-19(13-23(34)38-4-2)31-22(33)15-28-24(35)18-6-5-7-20(12-18)32-25(30-16-26)29-14-17-8-10-21(11-9-17)39(27,36)37/h1,17-21H,4-15H2,2H3,(H,28,35)(H,31,33)(H2,27,36,37)(H2,29,30,32)/t17?,18?,19-,20?,21?/m1/s1. The Morgan fingerprint density at radius 1 is 1.18 bits per heavy atom. The van der Waals surface area contributed by atoms with Crippen LogP contribution in [0.1, 0.15) is 64.7 Å². The maximum atomic E-state index is 12.7. The van der Waals surface area contributed by atoms with Crippen LogP contribution in [0, 0.1) is 35.6 Å². The Morgan fingerprint density at radius 2 is 1.90 bits per heavy atom. The lowest BCUT2D eigenvalue weighted by atomic mass is 9.85. The number of guanidine groups is 1. The van der Waals surface area contributed by atoms with E-state index >= 15 is 0 Å². The first-order chi connectivity index (χ1) is 18.5. The highest BCUT2D eigenvalue weighted by Crippen LogP contribution is 2.28. The molecule has 13 nitrogen and oxygen atoms in total.